The van der Waals surface area contributed by atoms with Gasteiger partial charge in [-0.05, 0) is 30.7 Å². The average Bonchev–Trinajstić information content (AvgIpc) is 3.11. The van der Waals surface area contributed by atoms with Crippen molar-refractivity contribution in [3.05, 3.63) is 41.7 Å². The van der Waals surface area contributed by atoms with Crippen molar-refractivity contribution in [3.8, 4) is 0 Å². The lowest BCUT2D eigenvalue weighted by Gasteiger charge is -2.19. The third-order valence-electron chi connectivity index (χ3n) is 7.03. The fraction of sp³-hybridized carbons (Fsp3) is 0.531. The number of anilines is 3. The summed E-state index contributed by atoms with van der Waals surface area (Å²) in [6.07, 6.45) is 1.38. The van der Waals surface area contributed by atoms with Gasteiger partial charge < -0.3 is 55.8 Å². The normalized spacial score (nSPS) is 11.7. The summed E-state index contributed by atoms with van der Waals surface area (Å²) in [6.45, 7) is 5.05. The first-order chi connectivity index (χ1) is 24.7. The van der Waals surface area contributed by atoms with Gasteiger partial charge in [0.1, 0.15) is 6.04 Å². The lowest BCUT2D eigenvalue weighted by Crippen LogP contribution is -2.41. The zero-order chi connectivity index (χ0) is 36.8. The van der Waals surface area contributed by atoms with Gasteiger partial charge in [-0.2, -0.15) is 22.6 Å². The second-order valence-electron chi connectivity index (χ2n) is 10.9. The van der Waals surface area contributed by atoms with Crippen LogP contribution in [0.3, 0.4) is 0 Å². The number of thiol groups is 1. The van der Waals surface area contributed by atoms with E-state index in [0.29, 0.717) is 88.6 Å². The Morgan fingerprint density at radius 2 is 1.45 bits per heavy atom. The first-order valence-corrected chi connectivity index (χ1v) is 17.0. The van der Waals surface area contributed by atoms with Gasteiger partial charge in [0.05, 0.1) is 84.5 Å². The van der Waals surface area contributed by atoms with Crippen LogP contribution in [0.15, 0.2) is 30.5 Å². The second kappa shape index (κ2) is 23.1. The average molecular weight is 734 g/mol. The number of nitrogens with one attached hydrogen (secondary N) is 2. The molecule has 3 aromatic rings. The highest BCUT2D eigenvalue weighted by atomic mass is 32.1. The summed E-state index contributed by atoms with van der Waals surface area (Å²) in [5.74, 6) is -1.35. The van der Waals surface area contributed by atoms with Crippen LogP contribution in [0, 0.1) is 0 Å². The van der Waals surface area contributed by atoms with E-state index in [1.807, 2.05) is 11.9 Å². The van der Waals surface area contributed by atoms with Crippen LogP contribution in [0.25, 0.3) is 11.2 Å². The number of amides is 2. The Morgan fingerprint density at radius 3 is 2.04 bits per heavy atom. The van der Waals surface area contributed by atoms with E-state index in [0.717, 1.165) is 5.69 Å². The maximum Gasteiger partial charge on any atom is 0.326 e. The number of nitrogens with zero attached hydrogens (tertiary/aromatic N) is 5. The molecule has 0 aliphatic rings. The van der Waals surface area contributed by atoms with Crippen LogP contribution >= 0.6 is 12.6 Å². The molecule has 0 bridgehead atoms. The van der Waals surface area contributed by atoms with Crippen LogP contribution in [-0.2, 0) is 39.8 Å². The van der Waals surface area contributed by atoms with Crippen molar-refractivity contribution in [2.75, 3.05) is 102 Å². The predicted octanol–water partition coefficient (Wildman–Crippen LogP) is 0.313. The van der Waals surface area contributed by atoms with E-state index in [1.165, 1.54) is 0 Å². The molecule has 19 heteroatoms. The standard InChI is InChI=1S/C32H47N9O9S/c1-41(21-23-20-36-29-27(37-23)28(33)39-32(34)40-29)24-4-2-22(3-5-24)30(43)38-25(31(44)45)6-7-26(42)35-8-9-46-10-11-47-12-13-48-14-15-49-16-17-50-18-19-51/h2-5,20,25,51H,6-19,21H2,1H3,(H,35,42)(H,38,43)(H,44,45)(H4,33,34,36,39,40). The van der Waals surface area contributed by atoms with Crippen molar-refractivity contribution >= 4 is 59.0 Å². The number of carboxylic acid groups (broad SMARTS) is 1. The van der Waals surface area contributed by atoms with E-state index in [2.05, 4.69) is 43.2 Å². The summed E-state index contributed by atoms with van der Waals surface area (Å²) in [4.78, 5) is 55.4. The third kappa shape index (κ3) is 15.6. The van der Waals surface area contributed by atoms with Crippen LogP contribution < -0.4 is 27.0 Å². The van der Waals surface area contributed by atoms with Crippen molar-refractivity contribution in [2.45, 2.75) is 25.4 Å². The molecule has 0 spiro atoms. The monoisotopic (exact) mass is 733 g/mol. The predicted molar refractivity (Wildman–Crippen MR) is 192 cm³/mol. The van der Waals surface area contributed by atoms with Gasteiger partial charge >= 0.3 is 5.97 Å². The minimum Gasteiger partial charge on any atom is -0.480 e. The maximum atomic E-state index is 12.8. The number of rotatable bonds is 26. The number of carboxylic acids is 1. The van der Waals surface area contributed by atoms with E-state index >= 15 is 0 Å². The number of aromatic nitrogens is 4. The number of nitrogens with two attached hydrogens (primary N) is 2. The van der Waals surface area contributed by atoms with E-state index in [-0.39, 0.29) is 49.2 Å². The number of hydrogen-bond acceptors (Lipinski definition) is 16. The van der Waals surface area contributed by atoms with Gasteiger partial charge in [-0.15, -0.1) is 0 Å². The SMILES string of the molecule is CN(Cc1cnc2nc(N)nc(N)c2n1)c1ccc(C(=O)NC(CCC(=O)NCCOCCOCCOCCOCCOCCS)C(=O)O)cc1. The van der Waals surface area contributed by atoms with Crippen LogP contribution in [0.4, 0.5) is 17.5 Å². The van der Waals surface area contributed by atoms with Crippen LogP contribution in [0.2, 0.25) is 0 Å². The molecule has 0 aliphatic carbocycles. The molecule has 0 saturated carbocycles. The lowest BCUT2D eigenvalue weighted by molar-refractivity contribution is -0.139. The zero-order valence-corrected chi connectivity index (χ0v) is 29.5. The Morgan fingerprint density at radius 1 is 0.863 bits per heavy atom. The molecule has 3 rings (SSSR count). The summed E-state index contributed by atoms with van der Waals surface area (Å²) >= 11 is 4.06. The minimum absolute atomic E-state index is 0.0126. The Hall–Kier alpha value is -4.40. The van der Waals surface area contributed by atoms with Gasteiger partial charge in [-0.1, -0.05) is 0 Å². The van der Waals surface area contributed by atoms with Crippen molar-refractivity contribution in [1.82, 2.24) is 30.6 Å². The number of aliphatic carboxylic acids is 1. The molecule has 1 atom stereocenters. The van der Waals surface area contributed by atoms with Crippen LogP contribution in [0.1, 0.15) is 28.9 Å². The highest BCUT2D eigenvalue weighted by Gasteiger charge is 2.22. The minimum atomic E-state index is -1.25. The smallest absolute Gasteiger partial charge is 0.326 e. The summed E-state index contributed by atoms with van der Waals surface area (Å²) in [6, 6.07) is 5.34. The Balaban J connectivity index is 1.27. The Bertz CT molecular complexity index is 1520. The highest BCUT2D eigenvalue weighted by molar-refractivity contribution is 7.80. The number of carbonyl (C=O) groups excluding carboxylic acids is 2. The second-order valence-corrected chi connectivity index (χ2v) is 11.4. The van der Waals surface area contributed by atoms with Crippen LogP contribution in [0.5, 0.6) is 0 Å². The van der Waals surface area contributed by atoms with E-state index in [4.69, 9.17) is 35.2 Å². The molecule has 51 heavy (non-hydrogen) atoms. The molecule has 280 valence electrons. The molecule has 2 heterocycles. The number of hydrogen-bond donors (Lipinski definition) is 6. The molecule has 1 unspecified atom stereocenters. The summed E-state index contributed by atoms with van der Waals surface area (Å²) in [5, 5.41) is 14.8. The van der Waals surface area contributed by atoms with E-state index in [9.17, 15) is 19.5 Å². The topological polar surface area (TPSA) is 248 Å². The molecule has 0 radical (unpaired) electrons. The Kier molecular flexibility index (Phi) is 18.6. The number of carbonyl (C=O) groups is 3. The molecule has 1 aromatic carbocycles. The third-order valence-corrected chi connectivity index (χ3v) is 7.21. The number of benzene rings is 1. The quantitative estimate of drug-likeness (QED) is 0.0480. The molecular formula is C32H47N9O9S. The molecule has 2 amide bonds. The molecule has 0 aliphatic heterocycles. The molecule has 18 nitrogen and oxygen atoms in total. The first-order valence-electron chi connectivity index (χ1n) is 16.3. The molecule has 0 fully saturated rings. The van der Waals surface area contributed by atoms with Gasteiger partial charge in [0.2, 0.25) is 11.9 Å². The van der Waals surface area contributed by atoms with Gasteiger partial charge in [0.25, 0.3) is 5.91 Å². The molecular weight excluding hydrogens is 686 g/mol. The highest BCUT2D eigenvalue weighted by Crippen LogP contribution is 2.19. The number of ether oxygens (including phenoxy) is 5. The summed E-state index contributed by atoms with van der Waals surface area (Å²) in [5.41, 5.74) is 13.8. The summed E-state index contributed by atoms with van der Waals surface area (Å²) in [7, 11) is 1.83. The maximum absolute atomic E-state index is 12.8. The fourth-order valence-electron chi connectivity index (χ4n) is 4.43. The Labute approximate surface area is 301 Å². The first kappa shape index (κ1) is 41.0. The molecule has 0 saturated heterocycles. The zero-order valence-electron chi connectivity index (χ0n) is 28.6. The van der Waals surface area contributed by atoms with Crippen molar-refractivity contribution in [3.63, 3.8) is 0 Å². The van der Waals surface area contributed by atoms with Crippen molar-refractivity contribution < 1.29 is 43.2 Å². The van der Waals surface area contributed by atoms with Crippen LogP contribution in [-0.4, -0.2) is 134 Å². The molecule has 2 aromatic heterocycles. The van der Waals surface area contributed by atoms with E-state index < -0.39 is 17.9 Å². The lowest BCUT2D eigenvalue weighted by atomic mass is 10.1. The van der Waals surface area contributed by atoms with Gasteiger partial charge in [0, 0.05) is 37.0 Å². The number of nitrogen functional groups attached to an aromatic ring is 2. The van der Waals surface area contributed by atoms with Crippen molar-refractivity contribution in [2.24, 2.45) is 0 Å². The largest absolute Gasteiger partial charge is 0.480 e. The molecule has 7 N–H and O–H groups in total. The van der Waals surface area contributed by atoms with Gasteiger partial charge in [-0.25, -0.2) is 14.8 Å². The summed E-state index contributed by atoms with van der Waals surface area (Å²) < 4.78 is 26.9. The van der Waals surface area contributed by atoms with Gasteiger partial charge in [-0.3, -0.25) is 9.59 Å². The number of fused-ring (bicyclic) bond motifs is 1. The fourth-order valence-corrected chi connectivity index (χ4v) is 4.56. The van der Waals surface area contributed by atoms with Crippen molar-refractivity contribution in [1.29, 1.82) is 0 Å². The van der Waals surface area contributed by atoms with E-state index in [1.54, 1.807) is 30.5 Å². The van der Waals surface area contributed by atoms with Gasteiger partial charge in [0.15, 0.2) is 17.0 Å².